The molecule has 1 rings (SSSR count). The zero-order valence-electron chi connectivity index (χ0n) is 21.9. The molecule has 0 bridgehead atoms. The first-order valence-corrected chi connectivity index (χ1v) is 13.8. The van der Waals surface area contributed by atoms with Crippen molar-refractivity contribution in [1.29, 1.82) is 5.26 Å². The average molecular weight is 529 g/mol. The van der Waals surface area contributed by atoms with Crippen molar-refractivity contribution >= 4 is 31.0 Å². The molecule has 0 aromatic heterocycles. The van der Waals surface area contributed by atoms with Crippen molar-refractivity contribution in [2.75, 3.05) is 38.2 Å². The Labute approximate surface area is 213 Å². The molecule has 0 saturated heterocycles. The van der Waals surface area contributed by atoms with E-state index in [0.717, 1.165) is 5.69 Å². The third kappa shape index (κ3) is 10.3. The van der Waals surface area contributed by atoms with Gasteiger partial charge < -0.3 is 20.1 Å². The topological polar surface area (TPSA) is 123 Å². The number of sulfonamides is 1. The molecular formula is C24H41N4O5PS. The summed E-state index contributed by atoms with van der Waals surface area (Å²) in [4.78, 5) is 14.2. The Morgan fingerprint density at radius 3 is 2.40 bits per heavy atom. The predicted octanol–water partition coefficient (Wildman–Crippen LogP) is 3.20. The number of rotatable bonds is 12. The fraction of sp³-hybridized carbons (Fsp3) is 0.667. The fourth-order valence-electron chi connectivity index (χ4n) is 3.38. The van der Waals surface area contributed by atoms with Gasteiger partial charge in [0.1, 0.15) is 5.60 Å². The number of hydrogen-bond acceptors (Lipinski definition) is 7. The Kier molecular flexibility index (Phi) is 11.4. The van der Waals surface area contributed by atoms with Gasteiger partial charge in [0.2, 0.25) is 10.0 Å². The summed E-state index contributed by atoms with van der Waals surface area (Å²) in [6, 6.07) is 7.96. The van der Waals surface area contributed by atoms with Gasteiger partial charge in [-0.25, -0.2) is 13.2 Å². The van der Waals surface area contributed by atoms with Gasteiger partial charge in [-0.1, -0.05) is 19.9 Å². The summed E-state index contributed by atoms with van der Waals surface area (Å²) in [5.41, 5.74) is -0.501. The van der Waals surface area contributed by atoms with Crippen LogP contribution in [0.5, 0.6) is 0 Å². The van der Waals surface area contributed by atoms with E-state index < -0.39 is 39.3 Å². The van der Waals surface area contributed by atoms with E-state index in [0.29, 0.717) is 12.6 Å². The minimum Gasteiger partial charge on any atom is -0.444 e. The predicted molar refractivity (Wildman–Crippen MR) is 142 cm³/mol. The number of nitrogens with zero attached hydrogens (tertiary/aromatic N) is 3. The van der Waals surface area contributed by atoms with Crippen molar-refractivity contribution in [1.82, 2.24) is 9.62 Å². The molecule has 1 amide bonds. The highest BCUT2D eigenvalue weighted by Gasteiger charge is 2.34. The van der Waals surface area contributed by atoms with Gasteiger partial charge in [-0.2, -0.15) is 9.57 Å². The zero-order chi connectivity index (χ0) is 27.0. The lowest BCUT2D eigenvalue weighted by Gasteiger charge is -2.34. The maximum absolute atomic E-state index is 13.7. The molecule has 11 heteroatoms. The number of aliphatic hydroxyl groups excluding tert-OH is 1. The Balaban J connectivity index is 3.28. The molecule has 198 valence electrons. The number of amides is 1. The molecule has 0 heterocycles. The minimum absolute atomic E-state index is 0.0935. The van der Waals surface area contributed by atoms with Gasteiger partial charge in [-0.15, -0.1) is 9.24 Å². The van der Waals surface area contributed by atoms with E-state index in [1.807, 2.05) is 38.9 Å². The summed E-state index contributed by atoms with van der Waals surface area (Å²) in [5, 5.41) is 22.7. The normalized spacial score (nSPS) is 14.2. The second-order valence-electron chi connectivity index (χ2n) is 10.6. The molecule has 0 aliphatic carbocycles. The number of anilines is 1. The van der Waals surface area contributed by atoms with Crippen LogP contribution in [0.25, 0.3) is 0 Å². The molecule has 1 aromatic carbocycles. The molecular weight excluding hydrogens is 487 g/mol. The zero-order valence-corrected chi connectivity index (χ0v) is 23.9. The molecule has 3 atom stereocenters. The van der Waals surface area contributed by atoms with Gasteiger partial charge in [0.15, 0.2) is 0 Å². The molecule has 0 saturated carbocycles. The van der Waals surface area contributed by atoms with Crippen LogP contribution < -0.4 is 10.2 Å². The van der Waals surface area contributed by atoms with Crippen molar-refractivity contribution in [2.45, 2.75) is 70.1 Å². The first-order chi connectivity index (χ1) is 16.0. The van der Waals surface area contributed by atoms with Crippen LogP contribution in [0.2, 0.25) is 0 Å². The summed E-state index contributed by atoms with van der Waals surface area (Å²) in [7, 11) is 2.11. The van der Waals surface area contributed by atoms with Crippen molar-refractivity contribution in [3.05, 3.63) is 24.3 Å². The molecule has 35 heavy (non-hydrogen) atoms. The van der Waals surface area contributed by atoms with Gasteiger partial charge in [0.25, 0.3) is 0 Å². The van der Waals surface area contributed by atoms with Gasteiger partial charge >= 0.3 is 6.09 Å². The number of hydrogen-bond donors (Lipinski definition) is 2. The molecule has 1 aromatic rings. The third-order valence-electron chi connectivity index (χ3n) is 5.30. The molecule has 0 radical (unpaired) electrons. The van der Waals surface area contributed by atoms with Crippen molar-refractivity contribution in [3.8, 4) is 6.07 Å². The Bertz CT molecular complexity index is 986. The van der Waals surface area contributed by atoms with Crippen LogP contribution >= 0.6 is 9.24 Å². The summed E-state index contributed by atoms with van der Waals surface area (Å²) in [6.07, 6.45) is -0.812. The summed E-state index contributed by atoms with van der Waals surface area (Å²) >= 11 is 0. The molecule has 0 fully saturated rings. The van der Waals surface area contributed by atoms with Crippen LogP contribution in [0.15, 0.2) is 29.2 Å². The minimum atomic E-state index is -4.00. The largest absolute Gasteiger partial charge is 0.444 e. The number of carbonyl (C=O) groups is 1. The van der Waals surface area contributed by atoms with Crippen LogP contribution in [0, 0.1) is 16.7 Å². The van der Waals surface area contributed by atoms with Crippen LogP contribution in [0.4, 0.5) is 10.5 Å². The Morgan fingerprint density at radius 2 is 1.89 bits per heavy atom. The Morgan fingerprint density at radius 1 is 1.26 bits per heavy atom. The van der Waals surface area contributed by atoms with E-state index in [9.17, 15) is 18.3 Å². The van der Waals surface area contributed by atoms with Gasteiger partial charge in [-0.05, 0) is 57.0 Å². The molecule has 0 spiro atoms. The molecule has 0 aliphatic rings. The SMILES string of the molecule is CN(C)c1cccc(S(=O)(=O)N(C[C@@H](O)[C@H](CP)NC(=O)OC(C)(C)C)CC(C)(C)CCC#N)c1. The fourth-order valence-corrected chi connectivity index (χ4v) is 5.50. The lowest BCUT2D eigenvalue weighted by molar-refractivity contribution is 0.0414. The summed E-state index contributed by atoms with van der Waals surface area (Å²) in [5.74, 6) is 0. The van der Waals surface area contributed by atoms with Crippen molar-refractivity contribution < 1.29 is 23.1 Å². The number of ether oxygens (including phenoxy) is 1. The lowest BCUT2D eigenvalue weighted by atomic mass is 9.88. The van der Waals surface area contributed by atoms with Gasteiger partial charge in [0, 0.05) is 39.3 Å². The second kappa shape index (κ2) is 12.9. The van der Waals surface area contributed by atoms with E-state index in [2.05, 4.69) is 20.6 Å². The second-order valence-corrected chi connectivity index (χ2v) is 13.0. The van der Waals surface area contributed by atoms with Crippen LogP contribution in [-0.2, 0) is 14.8 Å². The van der Waals surface area contributed by atoms with E-state index in [-0.39, 0.29) is 24.4 Å². The number of aliphatic hydroxyl groups is 1. The van der Waals surface area contributed by atoms with Crippen molar-refractivity contribution in [3.63, 3.8) is 0 Å². The maximum Gasteiger partial charge on any atom is 0.407 e. The highest BCUT2D eigenvalue weighted by atomic mass is 32.2. The Hall–Kier alpha value is -1.92. The van der Waals surface area contributed by atoms with Crippen LogP contribution in [-0.4, -0.2) is 75.0 Å². The van der Waals surface area contributed by atoms with Crippen LogP contribution in [0.3, 0.4) is 0 Å². The first kappa shape index (κ1) is 31.1. The van der Waals surface area contributed by atoms with E-state index in [1.54, 1.807) is 32.9 Å². The standard InChI is InChI=1S/C24H41N4O5PS/c1-23(2,3)33-22(30)26-20(16-34)21(29)15-28(17-24(4,5)12-9-13-25)35(31,32)19-11-8-10-18(14-19)27(6)7/h8,10-11,14,20-21,29H,9,12,15-17,34H2,1-7H3,(H,26,30)/t20-,21+/m0/s1. The molecule has 1 unspecified atom stereocenters. The van der Waals surface area contributed by atoms with Gasteiger partial charge in [-0.3, -0.25) is 0 Å². The monoisotopic (exact) mass is 528 g/mol. The molecule has 9 nitrogen and oxygen atoms in total. The van der Waals surface area contributed by atoms with E-state index in [1.165, 1.54) is 10.4 Å². The quantitative estimate of drug-likeness (QED) is 0.400. The number of benzene rings is 1. The highest BCUT2D eigenvalue weighted by Crippen LogP contribution is 2.29. The summed E-state index contributed by atoms with van der Waals surface area (Å²) < 4.78 is 34.0. The number of nitriles is 1. The van der Waals surface area contributed by atoms with Gasteiger partial charge in [0.05, 0.1) is 23.1 Å². The third-order valence-corrected chi connectivity index (χ3v) is 7.62. The van der Waals surface area contributed by atoms with Crippen molar-refractivity contribution in [2.24, 2.45) is 5.41 Å². The number of carbonyl (C=O) groups excluding carboxylic acids is 1. The van der Waals surface area contributed by atoms with E-state index >= 15 is 0 Å². The maximum atomic E-state index is 13.7. The average Bonchev–Trinajstić information content (AvgIpc) is 2.74. The summed E-state index contributed by atoms with van der Waals surface area (Å²) in [6.45, 7) is 8.84. The smallest absolute Gasteiger partial charge is 0.407 e. The van der Waals surface area contributed by atoms with Crippen LogP contribution in [0.1, 0.15) is 47.5 Å². The van der Waals surface area contributed by atoms with E-state index in [4.69, 9.17) is 10.00 Å². The number of alkyl carbamates (subject to hydrolysis) is 1. The highest BCUT2D eigenvalue weighted by molar-refractivity contribution is 7.89. The number of nitrogens with one attached hydrogen (secondary N) is 1. The first-order valence-electron chi connectivity index (χ1n) is 11.5. The molecule has 2 N–H and O–H groups in total. The molecule has 0 aliphatic heterocycles. The lowest BCUT2D eigenvalue weighted by Crippen LogP contribution is -2.52.